The fraction of sp³-hybridized carbons (Fsp3) is 0.333. The lowest BCUT2D eigenvalue weighted by atomic mass is 10.0. The van der Waals surface area contributed by atoms with Gasteiger partial charge in [-0.1, -0.05) is 36.4 Å². The van der Waals surface area contributed by atoms with Crippen molar-refractivity contribution in [1.29, 1.82) is 0 Å². The maximum absolute atomic E-state index is 5.38. The molecule has 0 radical (unpaired) electrons. The van der Waals surface area contributed by atoms with Crippen molar-refractivity contribution in [2.75, 3.05) is 27.4 Å². The second kappa shape index (κ2) is 7.55. The van der Waals surface area contributed by atoms with Crippen molar-refractivity contribution in [1.82, 2.24) is 9.88 Å². The first-order chi connectivity index (χ1) is 13.6. The van der Waals surface area contributed by atoms with E-state index < -0.39 is 0 Å². The van der Waals surface area contributed by atoms with E-state index in [0.29, 0.717) is 13.2 Å². The normalized spacial score (nSPS) is 12.4. The van der Waals surface area contributed by atoms with Crippen LogP contribution in [-0.2, 0) is 23.1 Å². The molecule has 0 unspecified atom stereocenters. The van der Waals surface area contributed by atoms with E-state index in [1.54, 1.807) is 14.2 Å². The Hall–Kier alpha value is -2.40. The molecule has 0 spiro atoms. The number of nitrogens with one attached hydrogen (secondary N) is 1. The van der Waals surface area contributed by atoms with Gasteiger partial charge in [0.25, 0.3) is 0 Å². The zero-order valence-electron chi connectivity index (χ0n) is 17.1. The lowest BCUT2D eigenvalue weighted by molar-refractivity contribution is 0.0507. The minimum Gasteiger partial charge on any atom is -0.383 e. The molecular weight excluding hydrogens is 348 g/mol. The topological polar surface area (TPSA) is 35.4 Å². The predicted octanol–water partition coefficient (Wildman–Crippen LogP) is 4.63. The molecule has 4 heteroatoms. The van der Waals surface area contributed by atoms with E-state index in [4.69, 9.17) is 9.47 Å². The first-order valence-electron chi connectivity index (χ1n) is 9.68. The minimum atomic E-state index is -0.218. The van der Waals surface area contributed by atoms with Gasteiger partial charge in [-0.3, -0.25) is 0 Å². The number of methoxy groups -OCH3 is 2. The smallest absolute Gasteiger partial charge is 0.0664 e. The van der Waals surface area contributed by atoms with E-state index in [0.717, 1.165) is 6.54 Å². The summed E-state index contributed by atoms with van der Waals surface area (Å²) >= 11 is 0. The quantitative estimate of drug-likeness (QED) is 0.511. The van der Waals surface area contributed by atoms with Crippen molar-refractivity contribution >= 4 is 32.6 Å². The summed E-state index contributed by atoms with van der Waals surface area (Å²) in [6.45, 7) is 4.09. The average molecular weight is 377 g/mol. The van der Waals surface area contributed by atoms with Crippen molar-refractivity contribution in [2.45, 2.75) is 19.0 Å². The summed E-state index contributed by atoms with van der Waals surface area (Å²) in [4.78, 5) is 0. The Morgan fingerprint density at radius 2 is 1.61 bits per heavy atom. The van der Waals surface area contributed by atoms with Gasteiger partial charge >= 0.3 is 0 Å². The standard InChI is InChI=1S/C24H28N2O2/c1-24(15-27-3,16-28-4)25-14-17-9-11-21-20(13-17)23-19-8-6-5-7-18(19)10-12-22(23)26(21)2/h5-13,25H,14-16H2,1-4H3. The van der Waals surface area contributed by atoms with Crippen LogP contribution in [0.3, 0.4) is 0 Å². The molecule has 4 rings (SSSR count). The second-order valence-electron chi connectivity index (χ2n) is 7.87. The van der Waals surface area contributed by atoms with Gasteiger partial charge in [0.1, 0.15) is 0 Å². The maximum atomic E-state index is 5.38. The van der Waals surface area contributed by atoms with Crippen LogP contribution in [0.2, 0.25) is 0 Å². The summed E-state index contributed by atoms with van der Waals surface area (Å²) in [5.41, 5.74) is 3.56. The van der Waals surface area contributed by atoms with Crippen LogP contribution in [0.15, 0.2) is 54.6 Å². The Kier molecular flexibility index (Phi) is 5.11. The summed E-state index contributed by atoms with van der Waals surface area (Å²) in [6.07, 6.45) is 0. The van der Waals surface area contributed by atoms with E-state index in [2.05, 4.69) is 78.5 Å². The second-order valence-corrected chi connectivity index (χ2v) is 7.87. The summed E-state index contributed by atoms with van der Waals surface area (Å²) in [5, 5.41) is 8.82. The lowest BCUT2D eigenvalue weighted by Gasteiger charge is -2.29. The number of aryl methyl sites for hydroxylation is 1. The molecule has 0 saturated carbocycles. The highest BCUT2D eigenvalue weighted by atomic mass is 16.5. The van der Waals surface area contributed by atoms with Crippen molar-refractivity contribution < 1.29 is 9.47 Å². The molecular formula is C24H28N2O2. The molecule has 0 atom stereocenters. The number of hydrogen-bond acceptors (Lipinski definition) is 3. The molecule has 146 valence electrons. The molecule has 1 aromatic heterocycles. The number of rotatable bonds is 7. The van der Waals surface area contributed by atoms with Crippen LogP contribution in [-0.4, -0.2) is 37.5 Å². The highest BCUT2D eigenvalue weighted by Gasteiger charge is 2.23. The molecule has 0 fully saturated rings. The molecule has 0 saturated heterocycles. The average Bonchev–Trinajstić information content (AvgIpc) is 2.99. The van der Waals surface area contributed by atoms with E-state index in [1.807, 2.05) is 0 Å². The molecule has 1 heterocycles. The Bertz CT molecular complexity index is 1120. The van der Waals surface area contributed by atoms with E-state index in [-0.39, 0.29) is 5.54 Å². The number of fused-ring (bicyclic) bond motifs is 5. The van der Waals surface area contributed by atoms with E-state index >= 15 is 0 Å². The fourth-order valence-corrected chi connectivity index (χ4v) is 4.23. The molecule has 4 nitrogen and oxygen atoms in total. The third-order valence-corrected chi connectivity index (χ3v) is 5.61. The van der Waals surface area contributed by atoms with Gasteiger partial charge in [0.05, 0.1) is 18.8 Å². The summed E-state index contributed by atoms with van der Waals surface area (Å²) in [6, 6.07) is 19.8. The number of aromatic nitrogens is 1. The number of nitrogens with zero attached hydrogens (tertiary/aromatic N) is 1. The van der Waals surface area contributed by atoms with Gasteiger partial charge in [0, 0.05) is 49.6 Å². The molecule has 0 aliphatic carbocycles. The molecule has 0 amide bonds. The Morgan fingerprint density at radius 1 is 0.893 bits per heavy atom. The molecule has 1 N–H and O–H groups in total. The van der Waals surface area contributed by atoms with Crippen molar-refractivity contribution in [3.05, 3.63) is 60.2 Å². The van der Waals surface area contributed by atoms with Gasteiger partial charge in [-0.15, -0.1) is 0 Å². The molecule has 4 aromatic rings. The van der Waals surface area contributed by atoms with Crippen LogP contribution >= 0.6 is 0 Å². The monoisotopic (exact) mass is 376 g/mol. The fourth-order valence-electron chi connectivity index (χ4n) is 4.23. The Morgan fingerprint density at radius 3 is 2.36 bits per heavy atom. The van der Waals surface area contributed by atoms with Gasteiger partial charge in [-0.25, -0.2) is 0 Å². The van der Waals surface area contributed by atoms with Crippen molar-refractivity contribution in [3.8, 4) is 0 Å². The third kappa shape index (κ3) is 3.28. The number of benzene rings is 3. The molecule has 28 heavy (non-hydrogen) atoms. The summed E-state index contributed by atoms with van der Waals surface area (Å²) in [7, 11) is 5.59. The molecule has 3 aromatic carbocycles. The van der Waals surface area contributed by atoms with Gasteiger partial charge in [0.2, 0.25) is 0 Å². The highest BCUT2D eigenvalue weighted by Crippen LogP contribution is 2.34. The molecule has 0 aliphatic heterocycles. The van der Waals surface area contributed by atoms with Crippen LogP contribution in [0.4, 0.5) is 0 Å². The minimum absolute atomic E-state index is 0.218. The lowest BCUT2D eigenvalue weighted by Crippen LogP contribution is -2.49. The summed E-state index contributed by atoms with van der Waals surface area (Å²) in [5.74, 6) is 0. The largest absolute Gasteiger partial charge is 0.383 e. The van der Waals surface area contributed by atoms with E-state index in [9.17, 15) is 0 Å². The van der Waals surface area contributed by atoms with Crippen molar-refractivity contribution in [3.63, 3.8) is 0 Å². The van der Waals surface area contributed by atoms with Crippen LogP contribution < -0.4 is 5.32 Å². The first kappa shape index (κ1) is 18.9. The van der Waals surface area contributed by atoms with Gasteiger partial charge < -0.3 is 19.4 Å². The number of ether oxygens (including phenoxy) is 2. The summed E-state index contributed by atoms with van der Waals surface area (Å²) < 4.78 is 13.0. The zero-order chi connectivity index (χ0) is 19.7. The first-order valence-corrected chi connectivity index (χ1v) is 9.68. The third-order valence-electron chi connectivity index (χ3n) is 5.61. The Balaban J connectivity index is 1.78. The highest BCUT2D eigenvalue weighted by molar-refractivity contribution is 6.20. The van der Waals surface area contributed by atoms with Crippen LogP contribution in [0.5, 0.6) is 0 Å². The van der Waals surface area contributed by atoms with Gasteiger partial charge in [-0.2, -0.15) is 0 Å². The predicted molar refractivity (Wildman–Crippen MR) is 117 cm³/mol. The zero-order valence-corrected chi connectivity index (χ0v) is 17.1. The van der Waals surface area contributed by atoms with Crippen LogP contribution in [0, 0.1) is 0 Å². The van der Waals surface area contributed by atoms with Gasteiger partial charge in [0.15, 0.2) is 0 Å². The maximum Gasteiger partial charge on any atom is 0.0664 e. The van der Waals surface area contributed by atoms with Crippen molar-refractivity contribution in [2.24, 2.45) is 7.05 Å². The SMILES string of the molecule is COCC(C)(COC)NCc1ccc2c(c1)c1c3ccccc3ccc1n2C. The molecule has 0 bridgehead atoms. The number of hydrogen-bond donors (Lipinski definition) is 1. The van der Waals surface area contributed by atoms with E-state index in [1.165, 1.54) is 38.1 Å². The van der Waals surface area contributed by atoms with Gasteiger partial charge in [-0.05, 0) is 41.5 Å². The van der Waals surface area contributed by atoms with Crippen LogP contribution in [0.25, 0.3) is 32.6 Å². The van der Waals surface area contributed by atoms with Crippen LogP contribution in [0.1, 0.15) is 12.5 Å². The Labute approximate surface area is 166 Å². The molecule has 0 aliphatic rings.